The zero-order valence-corrected chi connectivity index (χ0v) is 14.0. The number of nitrogens with one attached hydrogen (secondary N) is 2. The molecule has 21 heavy (non-hydrogen) atoms. The topological polar surface area (TPSA) is 58.2 Å². The van der Waals surface area contributed by atoms with E-state index in [4.69, 9.17) is 11.6 Å². The molecule has 4 nitrogen and oxygen atoms in total. The van der Waals surface area contributed by atoms with Crippen molar-refractivity contribution < 1.29 is 8.42 Å². The third-order valence-electron chi connectivity index (χ3n) is 2.83. The Labute approximate surface area is 134 Å². The molecule has 0 saturated heterocycles. The van der Waals surface area contributed by atoms with Crippen LogP contribution in [0.5, 0.6) is 0 Å². The second kappa shape index (κ2) is 7.38. The summed E-state index contributed by atoms with van der Waals surface area (Å²) >= 11 is 7.11. The van der Waals surface area contributed by atoms with Crippen LogP contribution in [0.1, 0.15) is 18.1 Å². The van der Waals surface area contributed by atoms with Crippen LogP contribution in [0.15, 0.2) is 39.9 Å². The fourth-order valence-corrected chi connectivity index (χ4v) is 4.24. The highest BCUT2D eigenvalue weighted by molar-refractivity contribution is 7.91. The van der Waals surface area contributed by atoms with E-state index in [2.05, 4.69) is 10.0 Å². The summed E-state index contributed by atoms with van der Waals surface area (Å²) in [6, 6.07) is 8.83. The summed E-state index contributed by atoms with van der Waals surface area (Å²) in [6.07, 6.45) is 0. The molecule has 0 aliphatic carbocycles. The van der Waals surface area contributed by atoms with Crippen molar-refractivity contribution in [1.82, 2.24) is 10.0 Å². The number of sulfonamides is 1. The van der Waals surface area contributed by atoms with Gasteiger partial charge in [0.2, 0.25) is 10.0 Å². The molecule has 0 atom stereocenters. The fourth-order valence-electron chi connectivity index (χ4n) is 1.75. The van der Waals surface area contributed by atoms with Crippen LogP contribution in [-0.2, 0) is 23.1 Å². The van der Waals surface area contributed by atoms with Gasteiger partial charge in [-0.05, 0) is 41.3 Å². The molecule has 0 spiro atoms. The summed E-state index contributed by atoms with van der Waals surface area (Å²) in [5, 5.41) is 5.62. The van der Waals surface area contributed by atoms with Gasteiger partial charge in [-0.1, -0.05) is 30.7 Å². The maximum atomic E-state index is 12.2. The minimum Gasteiger partial charge on any atom is -0.313 e. The molecule has 0 bridgehead atoms. The van der Waals surface area contributed by atoms with Crippen LogP contribution in [0, 0.1) is 0 Å². The number of rotatable bonds is 7. The third-order valence-corrected chi connectivity index (χ3v) is 5.95. The molecule has 0 radical (unpaired) electrons. The predicted molar refractivity (Wildman–Crippen MR) is 87.2 cm³/mol. The predicted octanol–water partition coefficient (Wildman–Crippen LogP) is 2.99. The molecular weight excluding hydrogens is 328 g/mol. The highest BCUT2D eigenvalue weighted by Crippen LogP contribution is 2.20. The van der Waals surface area contributed by atoms with Crippen LogP contribution < -0.4 is 10.0 Å². The summed E-state index contributed by atoms with van der Waals surface area (Å²) in [7, 11) is -3.48. The maximum absolute atomic E-state index is 12.2. The first-order valence-corrected chi connectivity index (χ1v) is 9.27. The summed E-state index contributed by atoms with van der Waals surface area (Å²) in [4.78, 5) is 0. The maximum Gasteiger partial charge on any atom is 0.250 e. The van der Waals surface area contributed by atoms with E-state index < -0.39 is 10.0 Å². The quantitative estimate of drug-likeness (QED) is 0.811. The van der Waals surface area contributed by atoms with E-state index in [0.29, 0.717) is 15.8 Å². The first-order chi connectivity index (χ1) is 10.0. The lowest BCUT2D eigenvalue weighted by Gasteiger charge is -2.05. The SMILES string of the molecule is CCNCc1csc(S(=O)(=O)NCc2cccc(Cl)c2)c1. The van der Waals surface area contributed by atoms with E-state index in [1.807, 2.05) is 18.4 Å². The lowest BCUT2D eigenvalue weighted by molar-refractivity contribution is 0.583. The van der Waals surface area contributed by atoms with Crippen molar-refractivity contribution in [1.29, 1.82) is 0 Å². The van der Waals surface area contributed by atoms with E-state index in [1.54, 1.807) is 24.3 Å². The highest BCUT2D eigenvalue weighted by atomic mass is 35.5. The molecule has 1 heterocycles. The molecule has 0 aliphatic rings. The Balaban J connectivity index is 2.02. The molecule has 0 unspecified atom stereocenters. The number of halogens is 1. The first-order valence-electron chi connectivity index (χ1n) is 6.53. The van der Waals surface area contributed by atoms with Crippen molar-refractivity contribution in [3.8, 4) is 0 Å². The van der Waals surface area contributed by atoms with Crippen molar-refractivity contribution >= 4 is 33.0 Å². The van der Waals surface area contributed by atoms with Crippen molar-refractivity contribution in [2.24, 2.45) is 0 Å². The van der Waals surface area contributed by atoms with Gasteiger partial charge in [0.05, 0.1) is 0 Å². The Morgan fingerprint density at radius 3 is 2.71 bits per heavy atom. The van der Waals surface area contributed by atoms with Crippen molar-refractivity contribution in [2.45, 2.75) is 24.2 Å². The van der Waals surface area contributed by atoms with Gasteiger partial charge in [-0.25, -0.2) is 13.1 Å². The zero-order valence-electron chi connectivity index (χ0n) is 11.6. The number of benzene rings is 1. The molecule has 0 fully saturated rings. The van der Waals surface area contributed by atoms with Gasteiger partial charge >= 0.3 is 0 Å². The highest BCUT2D eigenvalue weighted by Gasteiger charge is 2.16. The Morgan fingerprint density at radius 2 is 2.00 bits per heavy atom. The van der Waals surface area contributed by atoms with Crippen molar-refractivity contribution in [2.75, 3.05) is 6.54 Å². The van der Waals surface area contributed by atoms with Crippen LogP contribution in [-0.4, -0.2) is 15.0 Å². The lowest BCUT2D eigenvalue weighted by Crippen LogP contribution is -2.22. The summed E-state index contributed by atoms with van der Waals surface area (Å²) < 4.78 is 27.4. The van der Waals surface area contributed by atoms with Crippen LogP contribution in [0.4, 0.5) is 0 Å². The van der Waals surface area contributed by atoms with Gasteiger partial charge in [-0.3, -0.25) is 0 Å². The molecule has 0 saturated carbocycles. The van der Waals surface area contributed by atoms with E-state index in [9.17, 15) is 8.42 Å². The van der Waals surface area contributed by atoms with Gasteiger partial charge in [0.25, 0.3) is 0 Å². The van der Waals surface area contributed by atoms with Crippen molar-refractivity contribution in [3.63, 3.8) is 0 Å². The molecule has 1 aromatic carbocycles. The Morgan fingerprint density at radius 1 is 1.19 bits per heavy atom. The van der Waals surface area contributed by atoms with Crippen LogP contribution >= 0.6 is 22.9 Å². The van der Waals surface area contributed by atoms with Crippen LogP contribution in [0.3, 0.4) is 0 Å². The van der Waals surface area contributed by atoms with Gasteiger partial charge in [0.1, 0.15) is 4.21 Å². The Bertz CT molecular complexity index is 699. The van der Waals surface area contributed by atoms with Gasteiger partial charge in [-0.15, -0.1) is 11.3 Å². The summed E-state index contributed by atoms with van der Waals surface area (Å²) in [5.41, 5.74) is 1.81. The molecule has 1 aromatic heterocycles. The number of thiophene rings is 1. The second-order valence-corrected chi connectivity index (χ2v) is 7.85. The molecule has 2 aromatic rings. The Kier molecular flexibility index (Phi) is 5.78. The summed E-state index contributed by atoms with van der Waals surface area (Å²) in [5.74, 6) is 0. The molecule has 114 valence electrons. The number of hydrogen-bond acceptors (Lipinski definition) is 4. The standard InChI is InChI=1S/C14H17ClN2O2S2/c1-2-16-8-12-7-14(20-10-12)21(18,19)17-9-11-4-3-5-13(15)6-11/h3-7,10,16-17H,2,8-9H2,1H3. The largest absolute Gasteiger partial charge is 0.313 e. The van der Waals surface area contributed by atoms with Gasteiger partial charge in [-0.2, -0.15) is 0 Å². The molecule has 0 amide bonds. The monoisotopic (exact) mass is 344 g/mol. The van der Waals surface area contributed by atoms with Gasteiger partial charge < -0.3 is 5.32 Å². The molecule has 7 heteroatoms. The smallest absolute Gasteiger partial charge is 0.250 e. The fraction of sp³-hybridized carbons (Fsp3) is 0.286. The van der Waals surface area contributed by atoms with Gasteiger partial charge in [0.15, 0.2) is 0 Å². The minimum absolute atomic E-state index is 0.226. The zero-order chi connectivity index (χ0) is 15.3. The Hall–Kier alpha value is -0.920. The van der Waals surface area contributed by atoms with Gasteiger partial charge in [0, 0.05) is 18.1 Å². The van der Waals surface area contributed by atoms with E-state index in [1.165, 1.54) is 11.3 Å². The van der Waals surface area contributed by atoms with E-state index in [0.717, 1.165) is 17.7 Å². The van der Waals surface area contributed by atoms with E-state index in [-0.39, 0.29) is 6.54 Å². The first kappa shape index (κ1) is 16.5. The lowest BCUT2D eigenvalue weighted by atomic mass is 10.2. The number of hydrogen-bond donors (Lipinski definition) is 2. The molecule has 0 aliphatic heterocycles. The average Bonchev–Trinajstić information content (AvgIpc) is 2.93. The second-order valence-electron chi connectivity index (χ2n) is 4.51. The summed E-state index contributed by atoms with van der Waals surface area (Å²) in [6.45, 7) is 3.77. The van der Waals surface area contributed by atoms with Crippen LogP contribution in [0.25, 0.3) is 0 Å². The molecule has 2 N–H and O–H groups in total. The third kappa shape index (κ3) is 4.79. The van der Waals surface area contributed by atoms with E-state index >= 15 is 0 Å². The average molecular weight is 345 g/mol. The minimum atomic E-state index is -3.48. The normalized spacial score (nSPS) is 11.7. The molecular formula is C14H17ClN2O2S2. The van der Waals surface area contributed by atoms with Crippen molar-refractivity contribution in [3.05, 3.63) is 51.9 Å². The van der Waals surface area contributed by atoms with Crippen LogP contribution in [0.2, 0.25) is 5.02 Å². The molecule has 2 rings (SSSR count).